The zero-order chi connectivity index (χ0) is 10.7. The summed E-state index contributed by atoms with van der Waals surface area (Å²) >= 11 is 0. The van der Waals surface area contributed by atoms with Crippen LogP contribution < -0.4 is 0 Å². The topological polar surface area (TPSA) is 90.2 Å². The molecule has 82 valence electrons. The third kappa shape index (κ3) is 2.13. The highest BCUT2D eigenvalue weighted by Crippen LogP contribution is 2.22. The van der Waals surface area contributed by atoms with Crippen molar-refractivity contribution >= 4 is 0 Å². The van der Waals surface area contributed by atoms with E-state index in [1.807, 2.05) is 0 Å². The highest BCUT2D eigenvalue weighted by molar-refractivity contribution is 4.94. The van der Waals surface area contributed by atoms with E-state index >= 15 is 0 Å². The van der Waals surface area contributed by atoms with Gasteiger partial charge in [0.25, 0.3) is 0 Å². The number of hydrogen-bond acceptors (Lipinski definition) is 5. The molecule has 4 N–H and O–H groups in total. The lowest BCUT2D eigenvalue weighted by atomic mass is 9.94. The van der Waals surface area contributed by atoms with Crippen molar-refractivity contribution in [3.05, 3.63) is 12.7 Å². The average Bonchev–Trinajstić information content (AvgIpc) is 2.19. The highest BCUT2D eigenvalue weighted by atomic mass is 16.5. The summed E-state index contributed by atoms with van der Waals surface area (Å²) in [6, 6.07) is 0. The number of ether oxygens (including phenoxy) is 1. The first-order valence-electron chi connectivity index (χ1n) is 4.53. The zero-order valence-corrected chi connectivity index (χ0v) is 7.78. The standard InChI is InChI=1S/C9H16O5/c1-2-3-5-7(11)9(13)8(12)6(4-10)14-5/h2,5-13H,1,3-4H2/t5-,6?,7?,8+,9-/m1/s1. The lowest BCUT2D eigenvalue weighted by Gasteiger charge is -2.39. The van der Waals surface area contributed by atoms with Crippen molar-refractivity contribution in [1.29, 1.82) is 0 Å². The fourth-order valence-electron chi connectivity index (χ4n) is 1.54. The first-order valence-corrected chi connectivity index (χ1v) is 4.53. The lowest BCUT2D eigenvalue weighted by Crippen LogP contribution is -2.58. The summed E-state index contributed by atoms with van der Waals surface area (Å²) in [5.74, 6) is 0. The van der Waals surface area contributed by atoms with E-state index in [0.29, 0.717) is 6.42 Å². The van der Waals surface area contributed by atoms with Gasteiger partial charge in [-0.25, -0.2) is 0 Å². The summed E-state index contributed by atoms with van der Waals surface area (Å²) in [6.07, 6.45) is -3.25. The normalized spacial score (nSPS) is 43.6. The van der Waals surface area contributed by atoms with Gasteiger partial charge in [-0.05, 0) is 6.42 Å². The van der Waals surface area contributed by atoms with Gasteiger partial charge in [0.2, 0.25) is 0 Å². The Hall–Kier alpha value is -0.460. The lowest BCUT2D eigenvalue weighted by molar-refractivity contribution is -0.227. The summed E-state index contributed by atoms with van der Waals surface area (Å²) < 4.78 is 5.19. The maximum Gasteiger partial charge on any atom is 0.111 e. The molecule has 0 aromatic heterocycles. The van der Waals surface area contributed by atoms with Gasteiger partial charge in [-0.3, -0.25) is 0 Å². The molecule has 2 unspecified atom stereocenters. The van der Waals surface area contributed by atoms with E-state index in [1.165, 1.54) is 0 Å². The number of hydrogen-bond donors (Lipinski definition) is 4. The molecule has 5 nitrogen and oxygen atoms in total. The molecule has 0 aromatic carbocycles. The van der Waals surface area contributed by atoms with Crippen LogP contribution in [0, 0.1) is 0 Å². The largest absolute Gasteiger partial charge is 0.394 e. The maximum absolute atomic E-state index is 9.49. The molecular weight excluding hydrogens is 188 g/mol. The smallest absolute Gasteiger partial charge is 0.111 e. The number of aliphatic hydroxyl groups is 4. The second kappa shape index (κ2) is 4.86. The quantitative estimate of drug-likeness (QED) is 0.416. The van der Waals surface area contributed by atoms with E-state index in [-0.39, 0.29) is 0 Å². The van der Waals surface area contributed by atoms with Crippen LogP contribution in [0.3, 0.4) is 0 Å². The molecule has 5 atom stereocenters. The average molecular weight is 204 g/mol. The Labute approximate surface area is 82.3 Å². The van der Waals surface area contributed by atoms with E-state index in [1.54, 1.807) is 6.08 Å². The first-order chi connectivity index (χ1) is 6.61. The van der Waals surface area contributed by atoms with Gasteiger partial charge >= 0.3 is 0 Å². The Kier molecular flexibility index (Phi) is 4.03. The van der Waals surface area contributed by atoms with Crippen LogP contribution >= 0.6 is 0 Å². The molecule has 0 spiro atoms. The third-order valence-electron chi connectivity index (χ3n) is 2.39. The molecule has 5 heteroatoms. The maximum atomic E-state index is 9.49. The Morgan fingerprint density at radius 1 is 1.07 bits per heavy atom. The molecule has 0 aliphatic carbocycles. The molecule has 0 saturated carbocycles. The van der Waals surface area contributed by atoms with Crippen LogP contribution in [-0.2, 0) is 4.74 Å². The Morgan fingerprint density at radius 3 is 2.14 bits per heavy atom. The van der Waals surface area contributed by atoms with Crippen molar-refractivity contribution in [2.45, 2.75) is 36.9 Å². The van der Waals surface area contributed by atoms with Crippen molar-refractivity contribution in [2.75, 3.05) is 6.61 Å². The van der Waals surface area contributed by atoms with Gasteiger partial charge in [-0.1, -0.05) is 6.08 Å². The number of aliphatic hydroxyl groups excluding tert-OH is 4. The SMILES string of the molecule is C=CC[C@H]1OC(CO)[C@H](O)[C@H](O)C1O. The monoisotopic (exact) mass is 204 g/mol. The summed E-state index contributed by atoms with van der Waals surface area (Å²) in [4.78, 5) is 0. The van der Waals surface area contributed by atoms with Crippen molar-refractivity contribution in [2.24, 2.45) is 0 Å². The molecule has 1 rings (SSSR count). The molecule has 0 bridgehead atoms. The highest BCUT2D eigenvalue weighted by Gasteiger charge is 2.42. The summed E-state index contributed by atoms with van der Waals surface area (Å²) in [5.41, 5.74) is 0. The van der Waals surface area contributed by atoms with Crippen molar-refractivity contribution in [3.63, 3.8) is 0 Å². The van der Waals surface area contributed by atoms with E-state index in [2.05, 4.69) is 6.58 Å². The first kappa shape index (κ1) is 11.6. The predicted molar refractivity (Wildman–Crippen MR) is 48.6 cm³/mol. The van der Waals surface area contributed by atoms with Gasteiger partial charge in [0.15, 0.2) is 0 Å². The van der Waals surface area contributed by atoms with E-state index in [4.69, 9.17) is 9.84 Å². The van der Waals surface area contributed by atoms with E-state index in [0.717, 1.165) is 0 Å². The Bertz CT molecular complexity index is 194. The van der Waals surface area contributed by atoms with Crippen molar-refractivity contribution in [3.8, 4) is 0 Å². The molecule has 14 heavy (non-hydrogen) atoms. The Morgan fingerprint density at radius 2 is 1.64 bits per heavy atom. The molecule has 1 heterocycles. The summed E-state index contributed by atoms with van der Waals surface area (Å²) in [6.45, 7) is 3.10. The molecule has 0 radical (unpaired) electrons. The van der Waals surface area contributed by atoms with Crippen LogP contribution in [0.25, 0.3) is 0 Å². The second-order valence-electron chi connectivity index (χ2n) is 3.39. The molecule has 0 amide bonds. The van der Waals surface area contributed by atoms with Gasteiger partial charge in [0.05, 0.1) is 12.7 Å². The summed E-state index contributed by atoms with van der Waals surface area (Å²) in [5, 5.41) is 37.1. The van der Waals surface area contributed by atoms with Crippen LogP contribution in [-0.4, -0.2) is 57.6 Å². The van der Waals surface area contributed by atoms with Gasteiger partial charge in [0.1, 0.15) is 24.4 Å². The minimum atomic E-state index is -1.29. The molecule has 0 aromatic rings. The fourth-order valence-corrected chi connectivity index (χ4v) is 1.54. The van der Waals surface area contributed by atoms with E-state index in [9.17, 15) is 15.3 Å². The van der Waals surface area contributed by atoms with Crippen LogP contribution in [0.4, 0.5) is 0 Å². The van der Waals surface area contributed by atoms with Crippen LogP contribution in [0.2, 0.25) is 0 Å². The molecule has 1 aliphatic heterocycles. The third-order valence-corrected chi connectivity index (χ3v) is 2.39. The van der Waals surface area contributed by atoms with Gasteiger partial charge in [0, 0.05) is 0 Å². The van der Waals surface area contributed by atoms with Gasteiger partial charge in [-0.15, -0.1) is 6.58 Å². The Balaban J connectivity index is 2.67. The molecule has 1 fully saturated rings. The van der Waals surface area contributed by atoms with Gasteiger partial charge < -0.3 is 25.2 Å². The van der Waals surface area contributed by atoms with Crippen LogP contribution in [0.15, 0.2) is 12.7 Å². The molecule has 1 aliphatic rings. The summed E-state index contributed by atoms with van der Waals surface area (Å²) in [7, 11) is 0. The van der Waals surface area contributed by atoms with Crippen LogP contribution in [0.5, 0.6) is 0 Å². The minimum absolute atomic E-state index is 0.363. The van der Waals surface area contributed by atoms with Crippen molar-refractivity contribution < 1.29 is 25.2 Å². The van der Waals surface area contributed by atoms with Crippen LogP contribution in [0.1, 0.15) is 6.42 Å². The zero-order valence-electron chi connectivity index (χ0n) is 7.78. The fraction of sp³-hybridized carbons (Fsp3) is 0.778. The number of rotatable bonds is 3. The van der Waals surface area contributed by atoms with E-state index < -0.39 is 37.1 Å². The van der Waals surface area contributed by atoms with Crippen molar-refractivity contribution in [1.82, 2.24) is 0 Å². The molecule has 1 saturated heterocycles. The molecular formula is C9H16O5. The predicted octanol–water partition coefficient (Wildman–Crippen LogP) is -1.60. The minimum Gasteiger partial charge on any atom is -0.394 e. The van der Waals surface area contributed by atoms with Gasteiger partial charge in [-0.2, -0.15) is 0 Å². The second-order valence-corrected chi connectivity index (χ2v) is 3.39.